The van der Waals surface area contributed by atoms with Gasteiger partial charge in [0, 0.05) is 0 Å². The van der Waals surface area contributed by atoms with E-state index in [1.165, 1.54) is 10.8 Å². The van der Waals surface area contributed by atoms with Crippen LogP contribution < -0.4 is 5.73 Å². The van der Waals surface area contributed by atoms with Crippen molar-refractivity contribution < 1.29 is 9.90 Å². The van der Waals surface area contributed by atoms with E-state index in [-0.39, 0.29) is 5.17 Å². The average Bonchev–Trinajstić information content (AvgIpc) is 2.51. The molecule has 0 spiro atoms. The highest BCUT2D eigenvalue weighted by molar-refractivity contribution is 9.02. The fourth-order valence-electron chi connectivity index (χ4n) is 0.871. The molecule has 1 aliphatic heterocycles. The maximum Gasteiger partial charge on any atom is 0.433 e. The van der Waals surface area contributed by atoms with Crippen molar-refractivity contribution in [3.05, 3.63) is 23.0 Å². The summed E-state index contributed by atoms with van der Waals surface area (Å²) in [6.45, 7) is 0. The normalized spacial score (nSPS) is 21.8. The van der Waals surface area contributed by atoms with Crippen molar-refractivity contribution in [2.24, 2.45) is 10.7 Å². The maximum atomic E-state index is 10.3. The Bertz CT molecular complexity index is 298. The van der Waals surface area contributed by atoms with Crippen molar-refractivity contribution >= 4 is 31.1 Å². The van der Waals surface area contributed by atoms with E-state index >= 15 is 0 Å². The fourth-order valence-corrected chi connectivity index (χ4v) is 4.18. The van der Waals surface area contributed by atoms with Gasteiger partial charge in [0.1, 0.15) is 0 Å². The summed E-state index contributed by atoms with van der Waals surface area (Å²) in [7, 11) is 0.0502. The quantitative estimate of drug-likeness (QED) is 0.401. The van der Waals surface area contributed by atoms with Crippen LogP contribution in [0.25, 0.3) is 0 Å². The molecule has 1 rings (SSSR count). The molecule has 0 aromatic carbocycles. The van der Waals surface area contributed by atoms with E-state index in [2.05, 4.69) is 4.99 Å². The van der Waals surface area contributed by atoms with Crippen LogP contribution in [-0.4, -0.2) is 22.6 Å². The standard InChI is InChI=1S/C7H10N2O2S2/c1-12-13(4-2-3-5-13)6(8)9-7(10)11/h2-5H,1H3,(H2,8,9)(H,10,11). The lowest BCUT2D eigenvalue weighted by Gasteiger charge is -2.26. The van der Waals surface area contributed by atoms with E-state index in [9.17, 15) is 4.79 Å². The van der Waals surface area contributed by atoms with Crippen LogP contribution in [0.15, 0.2) is 28.0 Å². The van der Waals surface area contributed by atoms with E-state index in [0.717, 1.165) is 0 Å². The second-order valence-corrected chi connectivity index (χ2v) is 7.45. The Morgan fingerprint density at radius 2 is 2.08 bits per heavy atom. The van der Waals surface area contributed by atoms with Crippen LogP contribution in [0, 0.1) is 0 Å². The summed E-state index contributed by atoms with van der Waals surface area (Å²) in [6, 6.07) is 0. The summed E-state index contributed by atoms with van der Waals surface area (Å²) < 4.78 is 0. The number of amides is 1. The molecule has 0 unspecified atom stereocenters. The SMILES string of the molecule is CSS1(C(N)=NC(=O)O)C=CC=C1. The number of nitrogens with zero attached hydrogens (tertiary/aromatic N) is 1. The lowest BCUT2D eigenvalue weighted by Crippen LogP contribution is -2.17. The minimum atomic E-state index is -1.47. The van der Waals surface area contributed by atoms with Gasteiger partial charge in [-0.2, -0.15) is 4.99 Å². The van der Waals surface area contributed by atoms with E-state index in [4.69, 9.17) is 10.8 Å². The molecule has 0 aliphatic carbocycles. The van der Waals surface area contributed by atoms with Crippen LogP contribution in [0.3, 0.4) is 0 Å². The minimum Gasteiger partial charge on any atom is -0.463 e. The predicted octanol–water partition coefficient (Wildman–Crippen LogP) is 2.10. The Morgan fingerprint density at radius 3 is 2.46 bits per heavy atom. The molecule has 6 heteroatoms. The zero-order chi connectivity index (χ0) is 9.90. The lowest BCUT2D eigenvalue weighted by molar-refractivity contribution is 0.206. The van der Waals surface area contributed by atoms with Crippen LogP contribution in [0.4, 0.5) is 4.79 Å². The summed E-state index contributed by atoms with van der Waals surface area (Å²) in [5.41, 5.74) is 5.61. The molecular formula is C7H10N2O2S2. The third kappa shape index (κ3) is 2.07. The molecule has 3 N–H and O–H groups in total. The first-order valence-electron chi connectivity index (χ1n) is 3.41. The number of aliphatic imine (C=N–C) groups is 1. The number of hydrogen-bond donors (Lipinski definition) is 2. The number of hydrogen-bond acceptors (Lipinski definition) is 2. The smallest absolute Gasteiger partial charge is 0.433 e. The van der Waals surface area contributed by atoms with Crippen molar-refractivity contribution in [2.75, 3.05) is 6.26 Å². The summed E-state index contributed by atoms with van der Waals surface area (Å²) in [4.78, 5) is 13.6. The molecule has 13 heavy (non-hydrogen) atoms. The van der Waals surface area contributed by atoms with Gasteiger partial charge in [0.05, 0.1) is 0 Å². The molecule has 0 aromatic rings. The minimum absolute atomic E-state index is 0.178. The zero-order valence-corrected chi connectivity index (χ0v) is 8.64. The number of allylic oxidation sites excluding steroid dienone is 2. The van der Waals surface area contributed by atoms with Crippen molar-refractivity contribution in [1.82, 2.24) is 0 Å². The summed E-state index contributed by atoms with van der Waals surface area (Å²) >= 11 is 0. The van der Waals surface area contributed by atoms with Gasteiger partial charge in [0.2, 0.25) is 0 Å². The topological polar surface area (TPSA) is 75.7 Å². The highest BCUT2D eigenvalue weighted by Gasteiger charge is 2.24. The molecule has 0 saturated carbocycles. The monoisotopic (exact) mass is 218 g/mol. The number of carboxylic acid groups (broad SMARTS) is 1. The van der Waals surface area contributed by atoms with Gasteiger partial charge in [0.15, 0.2) is 5.17 Å². The van der Waals surface area contributed by atoms with Gasteiger partial charge in [-0.1, -0.05) is 21.2 Å². The van der Waals surface area contributed by atoms with Gasteiger partial charge in [-0.15, -0.1) is 10.8 Å². The molecule has 4 nitrogen and oxygen atoms in total. The molecule has 1 amide bonds. The molecule has 0 fully saturated rings. The van der Waals surface area contributed by atoms with E-state index < -0.39 is 15.2 Å². The Labute approximate surface area is 81.3 Å². The van der Waals surface area contributed by atoms with Gasteiger partial charge < -0.3 is 10.8 Å². The molecule has 0 bridgehead atoms. The van der Waals surface area contributed by atoms with E-state index in [1.54, 1.807) is 0 Å². The van der Waals surface area contributed by atoms with Gasteiger partial charge >= 0.3 is 6.09 Å². The molecule has 0 saturated heterocycles. The Balaban J connectivity index is 2.97. The van der Waals surface area contributed by atoms with Crippen LogP contribution in [-0.2, 0) is 0 Å². The second-order valence-electron chi connectivity index (χ2n) is 2.20. The molecular weight excluding hydrogens is 208 g/mol. The van der Waals surface area contributed by atoms with Gasteiger partial charge in [-0.25, -0.2) is 4.79 Å². The zero-order valence-electron chi connectivity index (χ0n) is 7.01. The third-order valence-corrected chi connectivity index (χ3v) is 6.73. The van der Waals surface area contributed by atoms with Crippen LogP contribution in [0.2, 0.25) is 0 Å². The third-order valence-electron chi connectivity index (χ3n) is 1.48. The number of nitrogens with two attached hydrogens (primary N) is 1. The number of carbonyl (C=O) groups is 1. The lowest BCUT2D eigenvalue weighted by atomic mass is 10.6. The summed E-state index contributed by atoms with van der Waals surface area (Å²) in [5.74, 6) is 0. The number of rotatable bonds is 1. The Morgan fingerprint density at radius 1 is 1.54 bits per heavy atom. The first kappa shape index (κ1) is 10.2. The van der Waals surface area contributed by atoms with E-state index in [1.807, 2.05) is 29.2 Å². The van der Waals surface area contributed by atoms with Crippen LogP contribution in [0.1, 0.15) is 0 Å². The molecule has 0 atom stereocenters. The van der Waals surface area contributed by atoms with Crippen molar-refractivity contribution in [3.8, 4) is 0 Å². The van der Waals surface area contributed by atoms with Crippen LogP contribution >= 0.6 is 19.9 Å². The Hall–Kier alpha value is -0.880. The van der Waals surface area contributed by atoms with Gasteiger partial charge in [-0.3, -0.25) is 0 Å². The molecule has 0 aromatic heterocycles. The largest absolute Gasteiger partial charge is 0.463 e. The highest BCUT2D eigenvalue weighted by atomic mass is 33.2. The molecule has 72 valence electrons. The molecule has 1 aliphatic rings. The van der Waals surface area contributed by atoms with E-state index in [0.29, 0.717) is 0 Å². The fraction of sp³-hybridized carbons (Fsp3) is 0.143. The highest BCUT2D eigenvalue weighted by Crippen LogP contribution is 2.63. The summed E-state index contributed by atoms with van der Waals surface area (Å²) in [5, 5.41) is 12.4. The van der Waals surface area contributed by atoms with Crippen LogP contribution in [0.5, 0.6) is 0 Å². The first-order valence-corrected chi connectivity index (χ1v) is 6.91. The Kier molecular flexibility index (Phi) is 3.05. The molecule has 1 heterocycles. The maximum absolute atomic E-state index is 10.3. The predicted molar refractivity (Wildman–Crippen MR) is 59.0 cm³/mol. The van der Waals surface area contributed by atoms with Gasteiger partial charge in [-0.05, 0) is 17.1 Å². The van der Waals surface area contributed by atoms with Gasteiger partial charge in [0.25, 0.3) is 0 Å². The molecule has 0 radical (unpaired) electrons. The average molecular weight is 218 g/mol. The van der Waals surface area contributed by atoms with Crippen molar-refractivity contribution in [1.29, 1.82) is 0 Å². The number of amidine groups is 1. The van der Waals surface area contributed by atoms with Crippen molar-refractivity contribution in [2.45, 2.75) is 0 Å². The summed E-state index contributed by atoms with van der Waals surface area (Å²) in [6.07, 6.45) is 4.36. The second kappa shape index (κ2) is 3.89. The first-order chi connectivity index (χ1) is 6.10. The van der Waals surface area contributed by atoms with Crippen molar-refractivity contribution in [3.63, 3.8) is 0 Å².